The van der Waals surface area contributed by atoms with Crippen LogP contribution in [0.15, 0.2) is 42.9 Å². The third-order valence-electron chi connectivity index (χ3n) is 10.9. The first-order valence-corrected chi connectivity index (χ1v) is 23.1. The summed E-state index contributed by atoms with van der Waals surface area (Å²) in [5.74, 6) is -12.8. The molecule has 1 heterocycles. The first kappa shape index (κ1) is 61.6. The maximum absolute atomic E-state index is 13.7. The Morgan fingerprint density at radius 1 is 0.589 bits per heavy atom. The molecule has 0 aliphatic rings. The molecule has 404 valence electrons. The number of nitrogens with zero attached hydrogens (tertiary/aromatic N) is 1. The number of aromatic nitrogens is 2. The number of aliphatic carboxylic acids is 2. The Balaban J connectivity index is 2.06. The van der Waals surface area contributed by atoms with Gasteiger partial charge in [-0.3, -0.25) is 47.9 Å². The molecule has 0 aliphatic carbocycles. The Hall–Kier alpha value is -7.56. The van der Waals surface area contributed by atoms with Crippen LogP contribution in [0.5, 0.6) is 0 Å². The number of carbonyl (C=O) groups is 11. The lowest BCUT2D eigenvalue weighted by Gasteiger charge is -2.27. The molecule has 0 aliphatic heterocycles. The Morgan fingerprint density at radius 3 is 1.63 bits per heavy atom. The number of H-pyrrole nitrogens is 1. The minimum Gasteiger partial charge on any atom is -0.481 e. The first-order valence-electron chi connectivity index (χ1n) is 23.1. The van der Waals surface area contributed by atoms with Gasteiger partial charge in [0.15, 0.2) is 0 Å². The normalized spacial score (nSPS) is 15.2. The van der Waals surface area contributed by atoms with Crippen molar-refractivity contribution in [2.45, 2.75) is 128 Å². The van der Waals surface area contributed by atoms with Crippen LogP contribution in [0, 0.1) is 11.8 Å². The van der Waals surface area contributed by atoms with Gasteiger partial charge in [-0.2, -0.15) is 0 Å². The molecule has 0 fully saturated rings. The smallest absolute Gasteiger partial charge is 0.326 e. The Bertz CT molecular complexity index is 2210. The van der Waals surface area contributed by atoms with Crippen molar-refractivity contribution in [3.05, 3.63) is 54.1 Å². The van der Waals surface area contributed by atoms with Gasteiger partial charge in [-0.1, -0.05) is 58.0 Å². The molecule has 0 spiro atoms. The van der Waals surface area contributed by atoms with E-state index in [-0.39, 0.29) is 12.8 Å². The standard InChI is InChI=1S/C45H68N12O16/c1-21(2)34(42(69)50-23(5)37(64)53-31(19-59)41(68)56-35(22(3)4)43(70)51-28(45(72)73)12-13-33(62)63)55-32(61)17-48-39(66)30(18-58)54-40(67)29(14-25-10-8-7-9-11-25)52-44(71)36(24(6)60)57-38(65)27(46)15-26-16-47-20-49-26/h7-11,16,20-24,27-31,34-36,58-60H,12-15,17-19,46H2,1-6H3,(H,47,49)(H,48,66)(H,50,69)(H,51,70)(H,52,71)(H,53,64)(H,54,67)(H,55,61)(H,56,68)(H,57,65)(H,62,63)(H,72,73)/t23-,24+,27-,28-,29-,30-,31-,34-,35-,36-/m0/s1. The van der Waals surface area contributed by atoms with Gasteiger partial charge in [0.1, 0.15) is 48.3 Å². The number of aliphatic hydroxyl groups excluding tert-OH is 3. The SMILES string of the molecule is CC(C)[C@H](NC(=O)CNC(=O)[C@H](CO)NC(=O)[C@H](Cc1ccccc1)NC(=O)[C@@H](NC(=O)[C@@H](N)Cc1cnc[nH]1)[C@@H](C)O)C(=O)N[C@@H](C)C(=O)N[C@@H](CO)C(=O)N[C@H](C(=O)N[C@@H](CCC(=O)O)C(=O)O)C(C)C. The van der Waals surface area contributed by atoms with Crippen molar-refractivity contribution >= 4 is 65.1 Å². The molecule has 1 aromatic carbocycles. The highest BCUT2D eigenvalue weighted by molar-refractivity contribution is 5.98. The minimum atomic E-state index is -1.69. The highest BCUT2D eigenvalue weighted by Crippen LogP contribution is 2.09. The lowest BCUT2D eigenvalue weighted by molar-refractivity contribution is -0.144. The number of nitrogens with two attached hydrogens (primary N) is 1. The van der Waals surface area contributed by atoms with Gasteiger partial charge in [0.05, 0.1) is 38.2 Å². The van der Waals surface area contributed by atoms with Gasteiger partial charge in [0, 0.05) is 31.2 Å². The van der Waals surface area contributed by atoms with Gasteiger partial charge >= 0.3 is 11.9 Å². The van der Waals surface area contributed by atoms with Gasteiger partial charge in [0.2, 0.25) is 53.2 Å². The zero-order chi connectivity index (χ0) is 55.1. The summed E-state index contributed by atoms with van der Waals surface area (Å²) in [6, 6.07) is -4.97. The van der Waals surface area contributed by atoms with Crippen LogP contribution in [0.2, 0.25) is 0 Å². The number of carboxylic acids is 2. The molecule has 9 amide bonds. The summed E-state index contributed by atoms with van der Waals surface area (Å²) in [5.41, 5.74) is 7.08. The molecule has 10 atom stereocenters. The number of aliphatic hydroxyl groups is 3. The quantitative estimate of drug-likeness (QED) is 0.0334. The van der Waals surface area contributed by atoms with Crippen molar-refractivity contribution in [3.63, 3.8) is 0 Å². The number of benzene rings is 1. The second-order valence-corrected chi connectivity index (χ2v) is 17.7. The lowest BCUT2D eigenvalue weighted by Crippen LogP contribution is -2.61. The summed E-state index contributed by atoms with van der Waals surface area (Å²) in [4.78, 5) is 148. The summed E-state index contributed by atoms with van der Waals surface area (Å²) in [5, 5.41) is 69.8. The van der Waals surface area contributed by atoms with E-state index in [1.165, 1.54) is 40.2 Å². The molecular formula is C45H68N12O16. The molecule has 0 radical (unpaired) electrons. The summed E-state index contributed by atoms with van der Waals surface area (Å²) >= 11 is 0. The predicted molar refractivity (Wildman–Crippen MR) is 255 cm³/mol. The van der Waals surface area contributed by atoms with Crippen molar-refractivity contribution < 1.29 is 78.3 Å². The van der Waals surface area contributed by atoms with Crippen molar-refractivity contribution in [2.75, 3.05) is 19.8 Å². The summed E-state index contributed by atoms with van der Waals surface area (Å²) in [7, 11) is 0. The number of nitrogens with one attached hydrogen (secondary N) is 10. The van der Waals surface area contributed by atoms with E-state index in [9.17, 15) is 73.2 Å². The largest absolute Gasteiger partial charge is 0.481 e. The number of carbonyl (C=O) groups excluding carboxylic acids is 9. The molecule has 0 saturated carbocycles. The number of imidazole rings is 1. The average molecular weight is 1030 g/mol. The van der Waals surface area contributed by atoms with Crippen LogP contribution in [0.1, 0.15) is 65.6 Å². The lowest BCUT2D eigenvalue weighted by atomic mass is 10.0. The fourth-order valence-corrected chi connectivity index (χ4v) is 6.66. The maximum Gasteiger partial charge on any atom is 0.326 e. The zero-order valence-electron chi connectivity index (χ0n) is 41.2. The molecule has 1 aromatic heterocycles. The number of aromatic amines is 1. The highest BCUT2D eigenvalue weighted by atomic mass is 16.4. The van der Waals surface area contributed by atoms with Crippen LogP contribution < -0.4 is 53.6 Å². The second-order valence-electron chi connectivity index (χ2n) is 17.7. The van der Waals surface area contributed by atoms with Crippen LogP contribution in [0.3, 0.4) is 0 Å². The fraction of sp³-hybridized carbons (Fsp3) is 0.556. The van der Waals surface area contributed by atoms with Crippen molar-refractivity contribution in [1.29, 1.82) is 0 Å². The third kappa shape index (κ3) is 21.0. The van der Waals surface area contributed by atoms with Gasteiger partial charge in [-0.05, 0) is 37.7 Å². The second kappa shape index (κ2) is 30.4. The van der Waals surface area contributed by atoms with Crippen LogP contribution in [0.25, 0.3) is 0 Å². The minimum absolute atomic E-state index is 0.0211. The number of rotatable bonds is 31. The molecule has 28 nitrogen and oxygen atoms in total. The van der Waals surface area contributed by atoms with E-state index < -0.39 is 170 Å². The number of carboxylic acid groups (broad SMARTS) is 2. The zero-order valence-corrected chi connectivity index (χ0v) is 41.2. The molecule has 0 unspecified atom stereocenters. The van der Waals surface area contributed by atoms with E-state index in [2.05, 4.69) is 57.8 Å². The molecule has 2 aromatic rings. The molecular weight excluding hydrogens is 965 g/mol. The predicted octanol–water partition coefficient (Wildman–Crippen LogP) is -5.84. The van der Waals surface area contributed by atoms with E-state index in [1.54, 1.807) is 44.2 Å². The molecule has 73 heavy (non-hydrogen) atoms. The Kier molecular flexibility index (Phi) is 25.6. The van der Waals surface area contributed by atoms with Crippen LogP contribution >= 0.6 is 0 Å². The van der Waals surface area contributed by atoms with Crippen LogP contribution in [-0.2, 0) is 65.6 Å². The van der Waals surface area contributed by atoms with E-state index in [4.69, 9.17) is 10.8 Å². The monoisotopic (exact) mass is 1030 g/mol. The highest BCUT2D eigenvalue weighted by Gasteiger charge is 2.35. The van der Waals surface area contributed by atoms with E-state index in [0.29, 0.717) is 11.3 Å². The third-order valence-corrected chi connectivity index (χ3v) is 10.9. The number of hydrogen-bond donors (Lipinski definition) is 16. The first-order chi connectivity index (χ1) is 34.3. The molecule has 0 saturated heterocycles. The van der Waals surface area contributed by atoms with Crippen LogP contribution in [0.4, 0.5) is 0 Å². The molecule has 0 bridgehead atoms. The Morgan fingerprint density at radius 2 is 1.10 bits per heavy atom. The number of amides is 9. The van der Waals surface area contributed by atoms with Crippen molar-refractivity contribution in [3.8, 4) is 0 Å². The van der Waals surface area contributed by atoms with E-state index in [0.717, 1.165) is 0 Å². The molecule has 28 heteroatoms. The molecule has 17 N–H and O–H groups in total. The van der Waals surface area contributed by atoms with Gasteiger partial charge in [-0.15, -0.1) is 0 Å². The average Bonchev–Trinajstić information content (AvgIpc) is 3.85. The summed E-state index contributed by atoms with van der Waals surface area (Å²) in [6.07, 6.45) is 0.202. The van der Waals surface area contributed by atoms with Crippen molar-refractivity contribution in [1.82, 2.24) is 57.8 Å². The topological polar surface area (TPSA) is 452 Å². The summed E-state index contributed by atoms with van der Waals surface area (Å²) < 4.78 is 0. The van der Waals surface area contributed by atoms with Gasteiger partial charge in [0.25, 0.3) is 0 Å². The van der Waals surface area contributed by atoms with E-state index >= 15 is 0 Å². The maximum atomic E-state index is 13.7. The van der Waals surface area contributed by atoms with Crippen molar-refractivity contribution in [2.24, 2.45) is 17.6 Å². The molecule has 2 rings (SSSR count). The van der Waals surface area contributed by atoms with Gasteiger partial charge < -0.3 is 84.1 Å². The van der Waals surface area contributed by atoms with Crippen LogP contribution in [-0.4, -0.2) is 181 Å². The van der Waals surface area contributed by atoms with Gasteiger partial charge in [-0.25, -0.2) is 9.78 Å². The summed E-state index contributed by atoms with van der Waals surface area (Å²) in [6.45, 7) is 5.78. The van der Waals surface area contributed by atoms with E-state index in [1.807, 2.05) is 0 Å². The fourth-order valence-electron chi connectivity index (χ4n) is 6.66. The Labute approximate surface area is 419 Å². The number of hydrogen-bond acceptors (Lipinski definition) is 16.